The molecule has 0 bridgehead atoms. The van der Waals surface area contributed by atoms with Crippen LogP contribution < -0.4 is 14.8 Å². The predicted octanol–water partition coefficient (Wildman–Crippen LogP) is 3.85. The number of methoxy groups -OCH3 is 2. The number of likely N-dealkylation sites (N-methyl/N-ethyl adjacent to an activating group) is 1. The molecule has 25 heavy (non-hydrogen) atoms. The van der Waals surface area contributed by atoms with E-state index >= 15 is 0 Å². The van der Waals surface area contributed by atoms with Crippen LogP contribution in [0.3, 0.4) is 0 Å². The highest BCUT2D eigenvalue weighted by molar-refractivity contribution is 9.10. The molecule has 0 spiro atoms. The molecular formula is C19H23BrN2O3. The van der Waals surface area contributed by atoms with Crippen molar-refractivity contribution in [2.75, 3.05) is 33.1 Å². The van der Waals surface area contributed by atoms with E-state index in [0.717, 1.165) is 21.3 Å². The molecule has 2 rings (SSSR count). The van der Waals surface area contributed by atoms with Gasteiger partial charge in [-0.25, -0.2) is 0 Å². The van der Waals surface area contributed by atoms with Crippen molar-refractivity contribution in [3.8, 4) is 11.5 Å². The molecule has 0 aliphatic carbocycles. The van der Waals surface area contributed by atoms with Gasteiger partial charge in [-0.2, -0.15) is 0 Å². The lowest BCUT2D eigenvalue weighted by Gasteiger charge is -2.19. The summed E-state index contributed by atoms with van der Waals surface area (Å²) in [5.74, 6) is 1.31. The molecule has 0 saturated heterocycles. The highest BCUT2D eigenvalue weighted by atomic mass is 79.9. The van der Waals surface area contributed by atoms with Gasteiger partial charge in [-0.15, -0.1) is 0 Å². The van der Waals surface area contributed by atoms with E-state index in [1.807, 2.05) is 55.3 Å². The highest BCUT2D eigenvalue weighted by Gasteiger charge is 2.13. The Labute approximate surface area is 157 Å². The molecule has 0 unspecified atom stereocenters. The molecule has 0 atom stereocenters. The molecule has 0 saturated carbocycles. The van der Waals surface area contributed by atoms with E-state index in [0.29, 0.717) is 18.0 Å². The number of amides is 1. The maximum atomic E-state index is 12.3. The molecule has 2 aromatic carbocycles. The zero-order valence-electron chi connectivity index (χ0n) is 14.9. The first-order valence-electron chi connectivity index (χ1n) is 7.89. The smallest absolute Gasteiger partial charge is 0.238 e. The van der Waals surface area contributed by atoms with E-state index in [4.69, 9.17) is 9.47 Å². The zero-order valence-corrected chi connectivity index (χ0v) is 16.5. The molecule has 0 heterocycles. The fourth-order valence-electron chi connectivity index (χ4n) is 2.59. The number of hydrogen-bond donors (Lipinski definition) is 1. The van der Waals surface area contributed by atoms with Crippen LogP contribution in [0.25, 0.3) is 0 Å². The lowest BCUT2D eigenvalue weighted by Crippen LogP contribution is -2.30. The third kappa shape index (κ3) is 5.21. The largest absolute Gasteiger partial charge is 0.493 e. The average molecular weight is 407 g/mol. The Bertz CT molecular complexity index is 749. The number of carbonyl (C=O) groups excluding carboxylic acids is 1. The molecule has 0 radical (unpaired) electrons. The fraction of sp³-hybridized carbons (Fsp3) is 0.316. The summed E-state index contributed by atoms with van der Waals surface area (Å²) in [7, 11) is 5.12. The van der Waals surface area contributed by atoms with Crippen molar-refractivity contribution in [1.29, 1.82) is 0 Å². The predicted molar refractivity (Wildman–Crippen MR) is 103 cm³/mol. The Morgan fingerprint density at radius 2 is 1.96 bits per heavy atom. The quantitative estimate of drug-likeness (QED) is 0.758. The topological polar surface area (TPSA) is 50.8 Å². The molecule has 0 aliphatic rings. The van der Waals surface area contributed by atoms with E-state index in [1.54, 1.807) is 14.2 Å². The first kappa shape index (κ1) is 19.3. The van der Waals surface area contributed by atoms with Crippen LogP contribution in [0.2, 0.25) is 0 Å². The molecule has 0 aliphatic heterocycles. The lowest BCUT2D eigenvalue weighted by molar-refractivity contribution is -0.117. The van der Waals surface area contributed by atoms with E-state index < -0.39 is 0 Å². The van der Waals surface area contributed by atoms with Gasteiger partial charge in [-0.05, 0) is 43.8 Å². The molecule has 134 valence electrons. The van der Waals surface area contributed by atoms with Gasteiger partial charge in [0.1, 0.15) is 0 Å². The molecule has 0 fully saturated rings. The second-order valence-corrected chi connectivity index (χ2v) is 6.69. The number of ether oxygens (including phenoxy) is 2. The number of hydrogen-bond acceptors (Lipinski definition) is 4. The highest BCUT2D eigenvalue weighted by Crippen LogP contribution is 2.31. The number of aryl methyl sites for hydroxylation is 1. The van der Waals surface area contributed by atoms with Crippen LogP contribution in [-0.4, -0.2) is 38.6 Å². The summed E-state index contributed by atoms with van der Waals surface area (Å²) >= 11 is 3.46. The van der Waals surface area contributed by atoms with Crippen molar-refractivity contribution in [1.82, 2.24) is 4.90 Å². The number of rotatable bonds is 7. The molecule has 1 N–H and O–H groups in total. The van der Waals surface area contributed by atoms with Crippen LogP contribution in [0.4, 0.5) is 5.69 Å². The Balaban J connectivity index is 1.99. The van der Waals surface area contributed by atoms with Crippen molar-refractivity contribution in [3.05, 3.63) is 52.0 Å². The van der Waals surface area contributed by atoms with Crippen LogP contribution in [-0.2, 0) is 11.3 Å². The summed E-state index contributed by atoms with van der Waals surface area (Å²) in [4.78, 5) is 14.2. The van der Waals surface area contributed by atoms with Crippen LogP contribution >= 0.6 is 15.9 Å². The normalized spacial score (nSPS) is 10.6. The number of carbonyl (C=O) groups is 1. The summed E-state index contributed by atoms with van der Waals surface area (Å²) in [5.41, 5.74) is 2.84. The Morgan fingerprint density at radius 3 is 2.60 bits per heavy atom. The second-order valence-electron chi connectivity index (χ2n) is 5.84. The van der Waals surface area contributed by atoms with Crippen molar-refractivity contribution in [2.45, 2.75) is 13.5 Å². The molecule has 0 aromatic heterocycles. The summed E-state index contributed by atoms with van der Waals surface area (Å²) in [6.07, 6.45) is 0. The third-order valence-corrected chi connectivity index (χ3v) is 4.67. The monoisotopic (exact) mass is 406 g/mol. The van der Waals surface area contributed by atoms with Gasteiger partial charge in [-0.3, -0.25) is 9.69 Å². The Morgan fingerprint density at radius 1 is 1.20 bits per heavy atom. The molecule has 1 amide bonds. The molecule has 2 aromatic rings. The number of para-hydroxylation sites is 1. The minimum absolute atomic E-state index is 0.0638. The van der Waals surface area contributed by atoms with Crippen LogP contribution in [0.5, 0.6) is 11.5 Å². The van der Waals surface area contributed by atoms with Gasteiger partial charge >= 0.3 is 0 Å². The van der Waals surface area contributed by atoms with Crippen molar-refractivity contribution in [3.63, 3.8) is 0 Å². The van der Waals surface area contributed by atoms with Crippen LogP contribution in [0.15, 0.2) is 40.9 Å². The summed E-state index contributed by atoms with van der Waals surface area (Å²) in [6, 6.07) is 11.5. The maximum absolute atomic E-state index is 12.3. The van der Waals surface area contributed by atoms with Gasteiger partial charge in [0, 0.05) is 22.3 Å². The molecule has 6 heteroatoms. The first-order valence-corrected chi connectivity index (χ1v) is 8.68. The summed E-state index contributed by atoms with van der Waals surface area (Å²) in [5, 5.41) is 2.92. The van der Waals surface area contributed by atoms with Gasteiger partial charge in [0.2, 0.25) is 5.91 Å². The summed E-state index contributed by atoms with van der Waals surface area (Å²) < 4.78 is 11.8. The molecule has 5 nitrogen and oxygen atoms in total. The summed E-state index contributed by atoms with van der Waals surface area (Å²) in [6.45, 7) is 2.84. The minimum Gasteiger partial charge on any atom is -0.493 e. The number of benzene rings is 2. The number of anilines is 1. The van der Waals surface area contributed by atoms with Gasteiger partial charge in [0.25, 0.3) is 0 Å². The van der Waals surface area contributed by atoms with Gasteiger partial charge < -0.3 is 14.8 Å². The number of nitrogens with one attached hydrogen (secondary N) is 1. The van der Waals surface area contributed by atoms with Gasteiger partial charge in [0.15, 0.2) is 11.5 Å². The van der Waals surface area contributed by atoms with E-state index in [1.165, 1.54) is 0 Å². The number of halogens is 1. The SMILES string of the molecule is COc1cccc(CN(C)CC(=O)Nc2ccc(Br)c(C)c2)c1OC. The van der Waals surface area contributed by atoms with Crippen molar-refractivity contribution in [2.24, 2.45) is 0 Å². The maximum Gasteiger partial charge on any atom is 0.238 e. The van der Waals surface area contributed by atoms with Crippen LogP contribution in [0, 0.1) is 6.92 Å². The van der Waals surface area contributed by atoms with Crippen molar-refractivity contribution >= 4 is 27.5 Å². The van der Waals surface area contributed by atoms with E-state index in [9.17, 15) is 4.79 Å². The lowest BCUT2D eigenvalue weighted by atomic mass is 10.1. The number of nitrogens with zero attached hydrogens (tertiary/aromatic N) is 1. The Hall–Kier alpha value is -2.05. The van der Waals surface area contributed by atoms with E-state index in [-0.39, 0.29) is 12.5 Å². The Kier molecular flexibility index (Phi) is 6.84. The standard InChI is InChI=1S/C19H23BrN2O3/c1-13-10-15(8-9-16(13)20)21-18(23)12-22(2)11-14-6-5-7-17(24-3)19(14)25-4/h5-10H,11-12H2,1-4H3,(H,21,23). The first-order chi connectivity index (χ1) is 11.9. The molecular weight excluding hydrogens is 384 g/mol. The average Bonchev–Trinajstić information content (AvgIpc) is 2.57. The third-order valence-electron chi connectivity index (χ3n) is 3.78. The second kappa shape index (κ2) is 8.87. The van der Waals surface area contributed by atoms with Crippen molar-refractivity contribution < 1.29 is 14.3 Å². The fourth-order valence-corrected chi connectivity index (χ4v) is 2.84. The minimum atomic E-state index is -0.0638. The van der Waals surface area contributed by atoms with Gasteiger partial charge in [0.05, 0.1) is 20.8 Å². The van der Waals surface area contributed by atoms with Gasteiger partial charge in [-0.1, -0.05) is 28.1 Å². The van der Waals surface area contributed by atoms with E-state index in [2.05, 4.69) is 21.2 Å². The zero-order chi connectivity index (χ0) is 18.4. The van der Waals surface area contributed by atoms with Crippen LogP contribution in [0.1, 0.15) is 11.1 Å².